The summed E-state index contributed by atoms with van der Waals surface area (Å²) in [5.74, 6) is 6.81. The Kier molecular flexibility index (Phi) is 1.34. The molecule has 2 N–H and O–H groups in total. The lowest BCUT2D eigenvalue weighted by molar-refractivity contribution is 0.735. The third-order valence-corrected chi connectivity index (χ3v) is 1.83. The molecule has 58 valence electrons. The summed E-state index contributed by atoms with van der Waals surface area (Å²) >= 11 is 0. The molecular weight excluding hydrogens is 142 g/mol. The minimum absolute atomic E-state index is 0.764. The van der Waals surface area contributed by atoms with E-state index in [1.807, 2.05) is 4.57 Å². The quantitative estimate of drug-likeness (QED) is 0.335. The number of hydrogen-bond donors (Lipinski definition) is 1. The maximum Gasteiger partial charge on any atom is 0.176 e. The highest BCUT2D eigenvalue weighted by Gasteiger charge is 2.15. The molecule has 2 heterocycles. The second-order valence-corrected chi connectivity index (χ2v) is 2.51. The number of rotatable bonds is 1. The highest BCUT2D eigenvalue weighted by Crippen LogP contribution is 2.12. The number of hydrazone groups is 1. The van der Waals surface area contributed by atoms with Crippen molar-refractivity contribution in [1.29, 1.82) is 0 Å². The van der Waals surface area contributed by atoms with E-state index in [1.165, 1.54) is 6.21 Å². The molecule has 11 heavy (non-hydrogen) atoms. The second kappa shape index (κ2) is 2.34. The molecule has 0 amide bonds. The molecule has 0 radical (unpaired) electrons. The fraction of sp³-hybridized carbons (Fsp3) is 0.500. The predicted octanol–water partition coefficient (Wildman–Crippen LogP) is -0.483. The van der Waals surface area contributed by atoms with E-state index in [2.05, 4.69) is 15.3 Å². The van der Waals surface area contributed by atoms with Crippen LogP contribution in [0.25, 0.3) is 0 Å². The summed E-state index contributed by atoms with van der Waals surface area (Å²) in [6, 6.07) is 0. The third kappa shape index (κ3) is 0.886. The van der Waals surface area contributed by atoms with E-state index in [4.69, 9.17) is 5.84 Å². The molecule has 2 rings (SSSR count). The molecular formula is C6H9N5. The third-order valence-electron chi connectivity index (χ3n) is 1.83. The molecule has 1 aliphatic heterocycles. The van der Waals surface area contributed by atoms with E-state index in [0.717, 1.165) is 31.0 Å². The van der Waals surface area contributed by atoms with Crippen molar-refractivity contribution in [3.63, 3.8) is 0 Å². The molecule has 0 atom stereocenters. The summed E-state index contributed by atoms with van der Waals surface area (Å²) in [5, 5.41) is 11.3. The first-order valence-corrected chi connectivity index (χ1v) is 3.57. The van der Waals surface area contributed by atoms with Gasteiger partial charge in [0.15, 0.2) is 5.82 Å². The first-order valence-electron chi connectivity index (χ1n) is 3.57. The van der Waals surface area contributed by atoms with Crippen molar-refractivity contribution in [2.45, 2.75) is 19.4 Å². The van der Waals surface area contributed by atoms with Crippen LogP contribution in [-0.4, -0.2) is 21.0 Å². The lowest BCUT2D eigenvalue weighted by Crippen LogP contribution is -2.00. The average Bonchev–Trinajstić information content (AvgIpc) is 2.53. The van der Waals surface area contributed by atoms with Gasteiger partial charge in [-0.25, -0.2) is 0 Å². The lowest BCUT2D eigenvalue weighted by Gasteiger charge is -1.93. The van der Waals surface area contributed by atoms with E-state index >= 15 is 0 Å². The summed E-state index contributed by atoms with van der Waals surface area (Å²) < 4.78 is 2.04. The van der Waals surface area contributed by atoms with Crippen LogP contribution in [0.3, 0.4) is 0 Å². The Morgan fingerprint density at radius 2 is 2.45 bits per heavy atom. The molecule has 1 aromatic rings. The Hall–Kier alpha value is -1.39. The van der Waals surface area contributed by atoms with Crippen LogP contribution in [0.1, 0.15) is 18.1 Å². The molecule has 0 aromatic carbocycles. The number of aromatic nitrogens is 3. The molecule has 0 unspecified atom stereocenters. The Morgan fingerprint density at radius 1 is 1.55 bits per heavy atom. The van der Waals surface area contributed by atoms with Crippen LogP contribution in [0.5, 0.6) is 0 Å². The topological polar surface area (TPSA) is 69.1 Å². The van der Waals surface area contributed by atoms with Gasteiger partial charge in [-0.1, -0.05) is 0 Å². The van der Waals surface area contributed by atoms with Crippen molar-refractivity contribution < 1.29 is 0 Å². The smallest absolute Gasteiger partial charge is 0.176 e. The maximum atomic E-state index is 5.00. The van der Waals surface area contributed by atoms with E-state index < -0.39 is 0 Å². The average molecular weight is 151 g/mol. The second-order valence-electron chi connectivity index (χ2n) is 2.51. The van der Waals surface area contributed by atoms with E-state index in [0.29, 0.717) is 0 Å². The summed E-state index contributed by atoms with van der Waals surface area (Å²) in [7, 11) is 0. The van der Waals surface area contributed by atoms with Crippen LogP contribution in [0.4, 0.5) is 0 Å². The molecule has 0 spiro atoms. The zero-order valence-electron chi connectivity index (χ0n) is 6.06. The van der Waals surface area contributed by atoms with E-state index in [1.54, 1.807) is 0 Å². The fourth-order valence-corrected chi connectivity index (χ4v) is 1.34. The van der Waals surface area contributed by atoms with Crippen LogP contribution in [0.15, 0.2) is 5.10 Å². The standard InChI is InChI=1S/C6H9N5/c7-8-4-6-10-9-5-2-1-3-11(5)6/h4H,1-3,7H2/b8-4-. The Labute approximate surface area is 63.9 Å². The Bertz CT molecular complexity index is 287. The molecule has 5 heteroatoms. The fourth-order valence-electron chi connectivity index (χ4n) is 1.34. The lowest BCUT2D eigenvalue weighted by atomic mass is 10.4. The van der Waals surface area contributed by atoms with Crippen molar-refractivity contribution in [3.8, 4) is 0 Å². The molecule has 1 aliphatic rings. The number of hydrogen-bond acceptors (Lipinski definition) is 4. The van der Waals surface area contributed by atoms with Crippen LogP contribution >= 0.6 is 0 Å². The number of fused-ring (bicyclic) bond motifs is 1. The predicted molar refractivity (Wildman–Crippen MR) is 40.1 cm³/mol. The van der Waals surface area contributed by atoms with E-state index in [-0.39, 0.29) is 0 Å². The van der Waals surface area contributed by atoms with Gasteiger partial charge in [0.05, 0.1) is 6.21 Å². The molecule has 0 saturated carbocycles. The largest absolute Gasteiger partial charge is 0.323 e. The molecule has 0 saturated heterocycles. The molecule has 5 nitrogen and oxygen atoms in total. The van der Waals surface area contributed by atoms with Gasteiger partial charge in [0.2, 0.25) is 0 Å². The van der Waals surface area contributed by atoms with E-state index in [9.17, 15) is 0 Å². The van der Waals surface area contributed by atoms with Gasteiger partial charge in [-0.05, 0) is 6.42 Å². The zero-order valence-corrected chi connectivity index (χ0v) is 6.06. The van der Waals surface area contributed by atoms with Crippen molar-refractivity contribution in [1.82, 2.24) is 14.8 Å². The Morgan fingerprint density at radius 3 is 3.27 bits per heavy atom. The highest BCUT2D eigenvalue weighted by atomic mass is 15.3. The molecule has 1 aromatic heterocycles. The molecule has 0 bridgehead atoms. The van der Waals surface area contributed by atoms with Crippen LogP contribution in [0, 0.1) is 0 Å². The summed E-state index contributed by atoms with van der Waals surface area (Å²) in [6.07, 6.45) is 3.70. The zero-order chi connectivity index (χ0) is 7.68. The normalized spacial score (nSPS) is 16.0. The SMILES string of the molecule is N/N=C\c1nnc2n1CCC2. The summed E-state index contributed by atoms with van der Waals surface area (Å²) in [5.41, 5.74) is 0. The number of nitrogens with two attached hydrogens (primary N) is 1. The van der Waals surface area contributed by atoms with Gasteiger partial charge in [-0.2, -0.15) is 5.10 Å². The van der Waals surface area contributed by atoms with Crippen LogP contribution in [0.2, 0.25) is 0 Å². The minimum atomic E-state index is 0.764. The van der Waals surface area contributed by atoms with Crippen LogP contribution in [-0.2, 0) is 13.0 Å². The van der Waals surface area contributed by atoms with Gasteiger partial charge in [0.1, 0.15) is 5.82 Å². The van der Waals surface area contributed by atoms with Gasteiger partial charge in [-0.3, -0.25) is 0 Å². The van der Waals surface area contributed by atoms with Gasteiger partial charge >= 0.3 is 0 Å². The van der Waals surface area contributed by atoms with Crippen molar-refractivity contribution in [2.24, 2.45) is 10.9 Å². The summed E-state index contributed by atoms with van der Waals surface area (Å²) in [6.45, 7) is 0.990. The van der Waals surface area contributed by atoms with Gasteiger partial charge in [-0.15, -0.1) is 10.2 Å². The summed E-state index contributed by atoms with van der Waals surface area (Å²) in [4.78, 5) is 0. The van der Waals surface area contributed by atoms with Crippen LogP contribution < -0.4 is 5.84 Å². The van der Waals surface area contributed by atoms with Gasteiger partial charge in [0.25, 0.3) is 0 Å². The monoisotopic (exact) mass is 151 g/mol. The number of aryl methyl sites for hydroxylation is 1. The minimum Gasteiger partial charge on any atom is -0.323 e. The number of nitrogens with zero attached hydrogens (tertiary/aromatic N) is 4. The van der Waals surface area contributed by atoms with Crippen molar-refractivity contribution >= 4 is 6.21 Å². The maximum absolute atomic E-state index is 5.00. The van der Waals surface area contributed by atoms with Crippen molar-refractivity contribution in [2.75, 3.05) is 0 Å². The molecule has 0 fully saturated rings. The molecule has 0 aliphatic carbocycles. The van der Waals surface area contributed by atoms with Gasteiger partial charge < -0.3 is 10.4 Å². The van der Waals surface area contributed by atoms with Crippen molar-refractivity contribution in [3.05, 3.63) is 11.6 Å². The Balaban J connectivity index is 2.42. The van der Waals surface area contributed by atoms with Gasteiger partial charge in [0, 0.05) is 13.0 Å². The highest BCUT2D eigenvalue weighted by molar-refractivity contribution is 5.74. The first-order chi connectivity index (χ1) is 5.42. The first kappa shape index (κ1) is 6.33.